The maximum Gasteiger partial charge on any atom is 0.256 e. The van der Waals surface area contributed by atoms with E-state index in [1.54, 1.807) is 25.2 Å². The van der Waals surface area contributed by atoms with Crippen LogP contribution in [0.5, 0.6) is 0 Å². The van der Waals surface area contributed by atoms with Gasteiger partial charge in [-0.05, 0) is 6.07 Å². The van der Waals surface area contributed by atoms with Crippen LogP contribution in [0.15, 0.2) is 30.5 Å². The summed E-state index contributed by atoms with van der Waals surface area (Å²) in [6.45, 7) is 0.108. The second kappa shape index (κ2) is 5.18. The molecular formula is C12H11ClFN3O. The molecule has 0 spiro atoms. The SMILES string of the molecule is Cn1ncc(C(=O)NCc2ccccc2F)c1Cl. The summed E-state index contributed by atoms with van der Waals surface area (Å²) < 4.78 is 14.7. The maximum absolute atomic E-state index is 13.3. The summed E-state index contributed by atoms with van der Waals surface area (Å²) in [5, 5.41) is 6.70. The number of hydrogen-bond donors (Lipinski definition) is 1. The van der Waals surface area contributed by atoms with E-state index in [1.165, 1.54) is 16.9 Å². The molecule has 2 aromatic rings. The van der Waals surface area contributed by atoms with Gasteiger partial charge < -0.3 is 5.32 Å². The normalized spacial score (nSPS) is 10.4. The molecule has 0 atom stereocenters. The Balaban J connectivity index is 2.05. The van der Waals surface area contributed by atoms with Crippen LogP contribution in [0.25, 0.3) is 0 Å². The van der Waals surface area contributed by atoms with Crippen molar-refractivity contribution in [3.63, 3.8) is 0 Å². The molecule has 0 bridgehead atoms. The number of nitrogens with one attached hydrogen (secondary N) is 1. The molecule has 1 aromatic heterocycles. The molecule has 2 rings (SSSR count). The molecule has 0 saturated carbocycles. The average molecular weight is 268 g/mol. The zero-order valence-corrected chi connectivity index (χ0v) is 10.4. The predicted molar refractivity (Wildman–Crippen MR) is 65.8 cm³/mol. The molecule has 1 aromatic carbocycles. The molecule has 0 fully saturated rings. The minimum atomic E-state index is -0.378. The highest BCUT2D eigenvalue weighted by Crippen LogP contribution is 2.14. The lowest BCUT2D eigenvalue weighted by Gasteiger charge is -2.05. The number of aryl methyl sites for hydroxylation is 1. The number of rotatable bonds is 3. The predicted octanol–water partition coefficient (Wildman–Crippen LogP) is 2.14. The van der Waals surface area contributed by atoms with Crippen molar-refractivity contribution in [2.24, 2.45) is 7.05 Å². The summed E-state index contributed by atoms with van der Waals surface area (Å²) in [5.74, 6) is -0.730. The van der Waals surface area contributed by atoms with Crippen LogP contribution in [-0.2, 0) is 13.6 Å². The molecule has 6 heteroatoms. The molecule has 4 nitrogen and oxygen atoms in total. The molecule has 0 unspecified atom stereocenters. The Morgan fingerprint density at radius 3 is 2.83 bits per heavy atom. The van der Waals surface area contributed by atoms with E-state index in [2.05, 4.69) is 10.4 Å². The second-order valence-electron chi connectivity index (χ2n) is 3.75. The van der Waals surface area contributed by atoms with Gasteiger partial charge in [0, 0.05) is 19.2 Å². The van der Waals surface area contributed by atoms with Crippen LogP contribution >= 0.6 is 11.6 Å². The van der Waals surface area contributed by atoms with E-state index in [4.69, 9.17) is 11.6 Å². The average Bonchev–Trinajstić information content (AvgIpc) is 2.69. The van der Waals surface area contributed by atoms with Crippen molar-refractivity contribution in [3.8, 4) is 0 Å². The van der Waals surface area contributed by atoms with E-state index in [-0.39, 0.29) is 29.0 Å². The fourth-order valence-corrected chi connectivity index (χ4v) is 1.67. The number of nitrogens with zero attached hydrogens (tertiary/aromatic N) is 2. The summed E-state index contributed by atoms with van der Waals surface area (Å²) >= 11 is 5.88. The van der Waals surface area contributed by atoms with Gasteiger partial charge in [0.15, 0.2) is 0 Å². The van der Waals surface area contributed by atoms with E-state index in [1.807, 2.05) is 0 Å². The lowest BCUT2D eigenvalue weighted by Crippen LogP contribution is -2.23. The Kier molecular flexibility index (Phi) is 3.62. The number of halogens is 2. The van der Waals surface area contributed by atoms with Gasteiger partial charge in [-0.1, -0.05) is 29.8 Å². The van der Waals surface area contributed by atoms with Crippen LogP contribution in [-0.4, -0.2) is 15.7 Å². The van der Waals surface area contributed by atoms with E-state index in [0.29, 0.717) is 5.56 Å². The van der Waals surface area contributed by atoms with Gasteiger partial charge in [-0.3, -0.25) is 9.48 Å². The quantitative estimate of drug-likeness (QED) is 0.926. The van der Waals surface area contributed by atoms with Crippen molar-refractivity contribution < 1.29 is 9.18 Å². The van der Waals surface area contributed by atoms with Gasteiger partial charge in [-0.15, -0.1) is 0 Å². The summed E-state index contributed by atoms with van der Waals surface area (Å²) in [7, 11) is 1.63. The fourth-order valence-electron chi connectivity index (χ4n) is 1.49. The van der Waals surface area contributed by atoms with Gasteiger partial charge in [0.2, 0.25) is 0 Å². The molecular weight excluding hydrogens is 257 g/mol. The summed E-state index contributed by atoms with van der Waals surface area (Å²) in [4.78, 5) is 11.8. The van der Waals surface area contributed by atoms with Crippen LogP contribution in [0.3, 0.4) is 0 Å². The molecule has 1 N–H and O–H groups in total. The first-order valence-electron chi connectivity index (χ1n) is 5.28. The highest BCUT2D eigenvalue weighted by atomic mass is 35.5. The third kappa shape index (κ3) is 2.51. The van der Waals surface area contributed by atoms with E-state index in [0.717, 1.165) is 0 Å². The van der Waals surface area contributed by atoms with E-state index < -0.39 is 0 Å². The largest absolute Gasteiger partial charge is 0.348 e. The monoisotopic (exact) mass is 267 g/mol. The van der Waals surface area contributed by atoms with E-state index in [9.17, 15) is 9.18 Å². The van der Waals surface area contributed by atoms with Crippen molar-refractivity contribution in [2.75, 3.05) is 0 Å². The maximum atomic E-state index is 13.3. The number of aromatic nitrogens is 2. The molecule has 0 aliphatic heterocycles. The number of hydrogen-bond acceptors (Lipinski definition) is 2. The van der Waals surface area contributed by atoms with Crippen molar-refractivity contribution in [3.05, 3.63) is 52.6 Å². The van der Waals surface area contributed by atoms with Crippen molar-refractivity contribution in [1.29, 1.82) is 0 Å². The minimum Gasteiger partial charge on any atom is -0.348 e. The molecule has 94 valence electrons. The van der Waals surface area contributed by atoms with Gasteiger partial charge >= 0.3 is 0 Å². The van der Waals surface area contributed by atoms with Gasteiger partial charge in [-0.2, -0.15) is 5.10 Å². The van der Waals surface area contributed by atoms with Gasteiger partial charge in [0.05, 0.1) is 11.8 Å². The number of benzene rings is 1. The molecule has 0 aliphatic carbocycles. The van der Waals surface area contributed by atoms with Crippen LogP contribution in [0, 0.1) is 5.82 Å². The highest BCUT2D eigenvalue weighted by molar-refractivity contribution is 6.32. The Hall–Kier alpha value is -1.88. The number of carbonyl (C=O) groups excluding carboxylic acids is 1. The number of amides is 1. The summed E-state index contributed by atoms with van der Waals surface area (Å²) in [5.41, 5.74) is 0.696. The molecule has 1 heterocycles. The Morgan fingerprint density at radius 1 is 1.50 bits per heavy atom. The first kappa shape index (κ1) is 12.6. The zero-order valence-electron chi connectivity index (χ0n) is 9.65. The number of carbonyl (C=O) groups is 1. The highest BCUT2D eigenvalue weighted by Gasteiger charge is 2.14. The van der Waals surface area contributed by atoms with Crippen molar-refractivity contribution in [1.82, 2.24) is 15.1 Å². The first-order chi connectivity index (χ1) is 8.59. The third-order valence-electron chi connectivity index (χ3n) is 2.51. The Morgan fingerprint density at radius 2 is 2.22 bits per heavy atom. The topological polar surface area (TPSA) is 46.9 Å². The second-order valence-corrected chi connectivity index (χ2v) is 4.10. The van der Waals surface area contributed by atoms with Gasteiger partial charge in [-0.25, -0.2) is 4.39 Å². The van der Waals surface area contributed by atoms with Crippen LogP contribution in [0.4, 0.5) is 4.39 Å². The zero-order chi connectivity index (χ0) is 13.1. The van der Waals surface area contributed by atoms with Crippen molar-refractivity contribution in [2.45, 2.75) is 6.54 Å². The first-order valence-corrected chi connectivity index (χ1v) is 5.66. The fraction of sp³-hybridized carbons (Fsp3) is 0.167. The lowest BCUT2D eigenvalue weighted by atomic mass is 10.2. The Bertz CT molecular complexity index is 582. The van der Waals surface area contributed by atoms with Crippen LogP contribution in [0.1, 0.15) is 15.9 Å². The smallest absolute Gasteiger partial charge is 0.256 e. The van der Waals surface area contributed by atoms with Gasteiger partial charge in [0.25, 0.3) is 5.91 Å². The molecule has 0 aliphatic rings. The van der Waals surface area contributed by atoms with Crippen molar-refractivity contribution >= 4 is 17.5 Å². The van der Waals surface area contributed by atoms with Gasteiger partial charge in [0.1, 0.15) is 11.0 Å². The standard InChI is InChI=1S/C12H11ClFN3O/c1-17-11(13)9(7-16-17)12(18)15-6-8-4-2-3-5-10(8)14/h2-5,7H,6H2,1H3,(H,15,18). The molecule has 18 heavy (non-hydrogen) atoms. The lowest BCUT2D eigenvalue weighted by molar-refractivity contribution is 0.0950. The summed E-state index contributed by atoms with van der Waals surface area (Å²) in [6.07, 6.45) is 1.37. The minimum absolute atomic E-state index is 0.108. The Labute approximate surface area is 108 Å². The van der Waals surface area contributed by atoms with Crippen LogP contribution < -0.4 is 5.32 Å². The third-order valence-corrected chi connectivity index (χ3v) is 2.96. The molecule has 0 radical (unpaired) electrons. The molecule has 1 amide bonds. The summed E-state index contributed by atoms with van der Waals surface area (Å²) in [6, 6.07) is 6.26. The van der Waals surface area contributed by atoms with E-state index >= 15 is 0 Å². The molecule has 0 saturated heterocycles. The van der Waals surface area contributed by atoms with Crippen LogP contribution in [0.2, 0.25) is 5.15 Å².